The SMILES string of the molecule is CC1CN(C)CCC1(O)c1ccccc1.CCC(=O)O.Cl. The van der Waals surface area contributed by atoms with Crippen LogP contribution in [0.15, 0.2) is 30.3 Å². The van der Waals surface area contributed by atoms with Crippen LogP contribution in [0.2, 0.25) is 0 Å². The first-order valence-electron chi connectivity index (χ1n) is 7.08. The topological polar surface area (TPSA) is 60.8 Å². The maximum atomic E-state index is 10.7. The highest BCUT2D eigenvalue weighted by Crippen LogP contribution is 2.36. The van der Waals surface area contributed by atoms with Crippen molar-refractivity contribution in [1.82, 2.24) is 4.90 Å². The summed E-state index contributed by atoms with van der Waals surface area (Å²) in [5.74, 6) is -0.455. The van der Waals surface area contributed by atoms with Gasteiger partial charge in [0.05, 0.1) is 5.60 Å². The molecule has 1 aromatic carbocycles. The molecule has 0 bridgehead atoms. The van der Waals surface area contributed by atoms with E-state index in [1.807, 2.05) is 30.3 Å². The van der Waals surface area contributed by atoms with E-state index in [4.69, 9.17) is 5.11 Å². The van der Waals surface area contributed by atoms with Crippen molar-refractivity contribution in [3.63, 3.8) is 0 Å². The zero-order valence-corrected chi connectivity index (χ0v) is 13.8. The Labute approximate surface area is 133 Å². The minimum atomic E-state index is -0.745. The summed E-state index contributed by atoms with van der Waals surface area (Å²) in [6.07, 6.45) is 1.05. The molecule has 0 aromatic heterocycles. The van der Waals surface area contributed by atoms with Crippen molar-refractivity contribution in [3.8, 4) is 0 Å². The molecular weight excluding hydrogens is 290 g/mol. The van der Waals surface area contributed by atoms with Gasteiger partial charge in [-0.05, 0) is 19.0 Å². The van der Waals surface area contributed by atoms with Crippen LogP contribution in [0.5, 0.6) is 0 Å². The van der Waals surface area contributed by atoms with Crippen LogP contribution in [-0.2, 0) is 10.4 Å². The minimum Gasteiger partial charge on any atom is -0.481 e. The Morgan fingerprint density at radius 3 is 2.33 bits per heavy atom. The quantitative estimate of drug-likeness (QED) is 0.881. The molecule has 21 heavy (non-hydrogen) atoms. The fourth-order valence-electron chi connectivity index (χ4n) is 2.47. The highest BCUT2D eigenvalue weighted by atomic mass is 35.5. The maximum absolute atomic E-state index is 10.7. The maximum Gasteiger partial charge on any atom is 0.303 e. The summed E-state index contributed by atoms with van der Waals surface area (Å²) < 4.78 is 0. The van der Waals surface area contributed by atoms with Crippen molar-refractivity contribution in [2.45, 2.75) is 32.3 Å². The summed E-state index contributed by atoms with van der Waals surface area (Å²) in [6.45, 7) is 5.66. The lowest BCUT2D eigenvalue weighted by molar-refractivity contribution is -0.136. The number of piperidine rings is 1. The normalized spacial score (nSPS) is 25.2. The molecule has 0 saturated carbocycles. The fourth-order valence-corrected chi connectivity index (χ4v) is 2.47. The van der Waals surface area contributed by atoms with Crippen LogP contribution in [0.1, 0.15) is 32.3 Å². The van der Waals surface area contributed by atoms with Gasteiger partial charge in [0.1, 0.15) is 0 Å². The molecule has 5 heteroatoms. The number of halogens is 1. The van der Waals surface area contributed by atoms with E-state index in [0.29, 0.717) is 5.92 Å². The van der Waals surface area contributed by atoms with Gasteiger partial charge in [0.2, 0.25) is 0 Å². The zero-order valence-electron chi connectivity index (χ0n) is 13.0. The lowest BCUT2D eigenvalue weighted by Crippen LogP contribution is -2.47. The van der Waals surface area contributed by atoms with Crippen LogP contribution < -0.4 is 0 Å². The third-order valence-corrected chi connectivity index (χ3v) is 3.85. The largest absolute Gasteiger partial charge is 0.481 e. The Balaban J connectivity index is 0.000000583. The summed E-state index contributed by atoms with van der Waals surface area (Å²) >= 11 is 0. The third kappa shape index (κ3) is 5.65. The van der Waals surface area contributed by atoms with Gasteiger partial charge < -0.3 is 15.1 Å². The number of carboxylic acid groups (broad SMARTS) is 1. The van der Waals surface area contributed by atoms with Gasteiger partial charge in [0.25, 0.3) is 0 Å². The van der Waals surface area contributed by atoms with E-state index in [1.165, 1.54) is 0 Å². The summed E-state index contributed by atoms with van der Waals surface area (Å²) in [7, 11) is 2.11. The number of aliphatic carboxylic acids is 1. The van der Waals surface area contributed by atoms with Crippen molar-refractivity contribution in [3.05, 3.63) is 35.9 Å². The van der Waals surface area contributed by atoms with E-state index in [0.717, 1.165) is 25.1 Å². The highest BCUT2D eigenvalue weighted by Gasteiger charge is 2.39. The second-order valence-corrected chi connectivity index (χ2v) is 5.45. The molecule has 0 spiro atoms. The van der Waals surface area contributed by atoms with Crippen LogP contribution in [0, 0.1) is 5.92 Å². The van der Waals surface area contributed by atoms with Gasteiger partial charge in [-0.15, -0.1) is 12.4 Å². The molecule has 0 radical (unpaired) electrons. The first-order chi connectivity index (χ1) is 9.40. The zero-order chi connectivity index (χ0) is 15.2. The molecule has 2 atom stereocenters. The Hall–Kier alpha value is -1.10. The smallest absolute Gasteiger partial charge is 0.303 e. The molecule has 0 amide bonds. The summed E-state index contributed by atoms with van der Waals surface area (Å²) in [4.78, 5) is 11.6. The first kappa shape index (κ1) is 19.9. The lowest BCUT2D eigenvalue weighted by atomic mass is 9.77. The van der Waals surface area contributed by atoms with Crippen LogP contribution in [0.3, 0.4) is 0 Å². The Morgan fingerprint density at radius 2 is 1.90 bits per heavy atom. The van der Waals surface area contributed by atoms with E-state index in [1.54, 1.807) is 6.92 Å². The number of hydrogen-bond acceptors (Lipinski definition) is 3. The summed E-state index contributed by atoms with van der Waals surface area (Å²) in [5.41, 5.74) is 0.430. The number of likely N-dealkylation sites (tertiary alicyclic amines) is 1. The summed E-state index contributed by atoms with van der Waals surface area (Å²) in [5, 5.41) is 18.4. The lowest BCUT2D eigenvalue weighted by Gasteiger charge is -2.42. The molecule has 0 aliphatic carbocycles. The van der Waals surface area contributed by atoms with E-state index in [2.05, 4.69) is 18.9 Å². The van der Waals surface area contributed by atoms with E-state index in [-0.39, 0.29) is 18.8 Å². The number of benzene rings is 1. The van der Waals surface area contributed by atoms with Crippen LogP contribution in [0.25, 0.3) is 0 Å². The van der Waals surface area contributed by atoms with Gasteiger partial charge in [-0.3, -0.25) is 4.79 Å². The molecule has 1 heterocycles. The van der Waals surface area contributed by atoms with Crippen LogP contribution >= 0.6 is 12.4 Å². The van der Waals surface area contributed by atoms with Crippen molar-refractivity contribution in [2.24, 2.45) is 5.92 Å². The molecule has 2 unspecified atom stereocenters. The molecule has 1 saturated heterocycles. The Kier molecular flexibility index (Phi) is 8.55. The molecule has 4 nitrogen and oxygen atoms in total. The van der Waals surface area contributed by atoms with Crippen molar-refractivity contribution >= 4 is 18.4 Å². The molecule has 2 rings (SSSR count). The van der Waals surface area contributed by atoms with Crippen molar-refractivity contribution in [1.29, 1.82) is 0 Å². The average Bonchev–Trinajstić information content (AvgIpc) is 2.45. The van der Waals surface area contributed by atoms with Gasteiger partial charge in [-0.1, -0.05) is 44.2 Å². The molecule has 1 fully saturated rings. The van der Waals surface area contributed by atoms with E-state index < -0.39 is 11.6 Å². The van der Waals surface area contributed by atoms with E-state index in [9.17, 15) is 9.90 Å². The number of rotatable bonds is 2. The molecule has 1 aliphatic heterocycles. The second kappa shape index (κ2) is 9.03. The monoisotopic (exact) mass is 315 g/mol. The number of aliphatic hydroxyl groups is 1. The molecule has 1 aliphatic rings. The van der Waals surface area contributed by atoms with Crippen LogP contribution in [0.4, 0.5) is 0 Å². The van der Waals surface area contributed by atoms with Crippen LogP contribution in [-0.4, -0.2) is 41.2 Å². The van der Waals surface area contributed by atoms with Gasteiger partial charge in [-0.25, -0.2) is 0 Å². The number of carbonyl (C=O) groups is 1. The third-order valence-electron chi connectivity index (χ3n) is 3.85. The van der Waals surface area contributed by atoms with Crippen molar-refractivity contribution in [2.75, 3.05) is 20.1 Å². The van der Waals surface area contributed by atoms with Gasteiger partial charge in [0.15, 0.2) is 0 Å². The molecular formula is C16H26ClNO3. The average molecular weight is 316 g/mol. The van der Waals surface area contributed by atoms with Gasteiger partial charge in [-0.2, -0.15) is 0 Å². The number of nitrogens with zero attached hydrogens (tertiary/aromatic N) is 1. The number of carboxylic acids is 1. The Morgan fingerprint density at radius 1 is 1.38 bits per heavy atom. The van der Waals surface area contributed by atoms with Gasteiger partial charge in [0, 0.05) is 25.4 Å². The summed E-state index contributed by atoms with van der Waals surface area (Å²) in [6, 6.07) is 10.0. The molecule has 1 aromatic rings. The van der Waals surface area contributed by atoms with E-state index >= 15 is 0 Å². The fraction of sp³-hybridized carbons (Fsp3) is 0.562. The van der Waals surface area contributed by atoms with Crippen molar-refractivity contribution < 1.29 is 15.0 Å². The van der Waals surface area contributed by atoms with Gasteiger partial charge >= 0.3 is 5.97 Å². The predicted octanol–water partition coefficient (Wildman–Crippen LogP) is 2.75. The predicted molar refractivity (Wildman–Crippen MR) is 86.8 cm³/mol. The molecule has 120 valence electrons. The highest BCUT2D eigenvalue weighted by molar-refractivity contribution is 5.85. The first-order valence-corrected chi connectivity index (χ1v) is 7.08. The second-order valence-electron chi connectivity index (χ2n) is 5.45. The number of hydrogen-bond donors (Lipinski definition) is 2. The standard InChI is InChI=1S/C13H19NO.C3H6O2.ClH/c1-11-10-14(2)9-8-13(11,15)12-6-4-3-5-7-12;1-2-3(4)5;/h3-7,11,15H,8-10H2,1-2H3;2H2,1H3,(H,4,5);1H. The minimum absolute atomic E-state index is 0. The Bertz CT molecular complexity index is 427. The molecule has 2 N–H and O–H groups in total.